The van der Waals surface area contributed by atoms with Crippen LogP contribution in [0.25, 0.3) is 5.00 Å². The van der Waals surface area contributed by atoms with Gasteiger partial charge in [-0.1, -0.05) is 17.7 Å². The Morgan fingerprint density at radius 2 is 1.97 bits per heavy atom. The molecule has 1 N–H and O–H groups in total. The van der Waals surface area contributed by atoms with Gasteiger partial charge >= 0.3 is 5.97 Å². The van der Waals surface area contributed by atoms with Crippen LogP contribution >= 0.6 is 22.9 Å². The second-order valence-corrected chi connectivity index (χ2v) is 9.07. The minimum Gasteiger partial charge on any atom is -0.478 e. The fourth-order valence-corrected chi connectivity index (χ4v) is 5.68. The quantitative estimate of drug-likeness (QED) is 0.487. The van der Waals surface area contributed by atoms with Gasteiger partial charge in [0.2, 0.25) is 0 Å². The lowest BCUT2D eigenvalue weighted by atomic mass is 9.95. The molecule has 4 nitrogen and oxygen atoms in total. The van der Waals surface area contributed by atoms with E-state index in [1.165, 1.54) is 4.88 Å². The number of aromatic nitrogens is 1. The summed E-state index contributed by atoms with van der Waals surface area (Å²) in [5.74, 6) is -0.836. The first-order chi connectivity index (χ1) is 13.9. The highest BCUT2D eigenvalue weighted by Gasteiger charge is 2.27. The summed E-state index contributed by atoms with van der Waals surface area (Å²) in [7, 11) is 0. The molecule has 6 heteroatoms. The molecule has 4 rings (SSSR count). The molecule has 0 radical (unpaired) electrons. The molecule has 0 atom stereocenters. The summed E-state index contributed by atoms with van der Waals surface area (Å²) < 4.78 is 2.07. The zero-order valence-electron chi connectivity index (χ0n) is 16.8. The van der Waals surface area contributed by atoms with Crippen LogP contribution in [0.4, 0.5) is 5.69 Å². The summed E-state index contributed by atoms with van der Waals surface area (Å²) in [6, 6.07) is 7.72. The minimum absolute atomic E-state index is 0.473. The number of rotatable bonds is 4. The molecule has 0 amide bonds. The van der Waals surface area contributed by atoms with Crippen LogP contribution in [-0.4, -0.2) is 21.9 Å². The van der Waals surface area contributed by atoms with Gasteiger partial charge in [-0.05, 0) is 75.8 Å². The Morgan fingerprint density at radius 1 is 1.21 bits per heavy atom. The van der Waals surface area contributed by atoms with Crippen LogP contribution in [0.3, 0.4) is 0 Å². The van der Waals surface area contributed by atoms with Crippen molar-refractivity contribution in [2.75, 3.05) is 0 Å². The van der Waals surface area contributed by atoms with E-state index in [-0.39, 0.29) is 0 Å². The molecular formula is C23H23ClN2O2S. The van der Waals surface area contributed by atoms with E-state index in [0.29, 0.717) is 10.6 Å². The zero-order valence-corrected chi connectivity index (χ0v) is 18.3. The lowest BCUT2D eigenvalue weighted by molar-refractivity contribution is 0.0696. The van der Waals surface area contributed by atoms with E-state index in [1.54, 1.807) is 11.3 Å². The van der Waals surface area contributed by atoms with E-state index >= 15 is 0 Å². The first kappa shape index (κ1) is 19.9. The van der Waals surface area contributed by atoms with Crippen molar-refractivity contribution in [2.45, 2.75) is 46.5 Å². The van der Waals surface area contributed by atoms with Crippen molar-refractivity contribution >= 4 is 40.8 Å². The summed E-state index contributed by atoms with van der Waals surface area (Å²) in [6.07, 6.45) is 5.86. The van der Waals surface area contributed by atoms with E-state index in [2.05, 4.69) is 15.6 Å². The number of aliphatic imine (C=N–C) groups is 1. The van der Waals surface area contributed by atoms with E-state index in [0.717, 1.165) is 64.4 Å². The molecule has 3 aromatic rings. The molecular weight excluding hydrogens is 404 g/mol. The van der Waals surface area contributed by atoms with Gasteiger partial charge in [0, 0.05) is 33.1 Å². The molecule has 29 heavy (non-hydrogen) atoms. The van der Waals surface area contributed by atoms with Crippen molar-refractivity contribution in [3.05, 3.63) is 67.8 Å². The number of aryl methyl sites for hydroxylation is 3. The summed E-state index contributed by atoms with van der Waals surface area (Å²) >= 11 is 7.73. The predicted molar refractivity (Wildman–Crippen MR) is 120 cm³/mol. The lowest BCUT2D eigenvalue weighted by Crippen LogP contribution is -2.09. The molecule has 0 bridgehead atoms. The van der Waals surface area contributed by atoms with Crippen molar-refractivity contribution in [3.63, 3.8) is 0 Å². The van der Waals surface area contributed by atoms with Crippen molar-refractivity contribution < 1.29 is 9.90 Å². The largest absolute Gasteiger partial charge is 0.478 e. The number of aromatic carboxylic acids is 1. The molecule has 0 spiro atoms. The fraction of sp³-hybridized carbons (Fsp3) is 0.304. The molecule has 1 aliphatic carbocycles. The molecule has 2 heterocycles. The third-order valence-corrected chi connectivity index (χ3v) is 7.07. The number of halogens is 1. The second kappa shape index (κ2) is 7.81. The molecule has 0 aliphatic heterocycles. The summed E-state index contributed by atoms with van der Waals surface area (Å²) in [5, 5.41) is 11.4. The highest BCUT2D eigenvalue weighted by atomic mass is 35.5. The average Bonchev–Trinajstić information content (AvgIpc) is 3.19. The van der Waals surface area contributed by atoms with Gasteiger partial charge in [0.15, 0.2) is 0 Å². The fourth-order valence-electron chi connectivity index (χ4n) is 4.02. The Hall–Kier alpha value is -2.37. The van der Waals surface area contributed by atoms with E-state index in [1.807, 2.05) is 45.2 Å². The molecule has 1 aromatic carbocycles. The number of hydrogen-bond acceptors (Lipinski definition) is 3. The van der Waals surface area contributed by atoms with Crippen molar-refractivity contribution in [1.82, 2.24) is 4.57 Å². The Kier molecular flexibility index (Phi) is 5.36. The van der Waals surface area contributed by atoms with Gasteiger partial charge in [-0.25, -0.2) is 4.79 Å². The standard InChI is InChI=1S/C23H23ClN2O2S/c1-13-8-9-17(24)11-19(13)25-12-16-10-14(2)26(15(16)3)22-21(23(27)28)18-6-4-5-7-20(18)29-22/h8-12H,4-7H2,1-3H3,(H,27,28). The molecule has 150 valence electrons. The Morgan fingerprint density at radius 3 is 2.72 bits per heavy atom. The van der Waals surface area contributed by atoms with Gasteiger partial charge in [0.25, 0.3) is 0 Å². The van der Waals surface area contributed by atoms with Crippen LogP contribution in [0.2, 0.25) is 5.02 Å². The van der Waals surface area contributed by atoms with Crippen molar-refractivity contribution in [3.8, 4) is 5.00 Å². The molecule has 0 fully saturated rings. The van der Waals surface area contributed by atoms with Crippen LogP contribution < -0.4 is 0 Å². The van der Waals surface area contributed by atoms with E-state index in [4.69, 9.17) is 11.6 Å². The maximum atomic E-state index is 12.1. The first-order valence-corrected chi connectivity index (χ1v) is 10.9. The van der Waals surface area contributed by atoms with Gasteiger partial charge in [0.05, 0.1) is 11.3 Å². The van der Waals surface area contributed by atoms with Crippen LogP contribution in [0.15, 0.2) is 29.3 Å². The number of hydrogen-bond donors (Lipinski definition) is 1. The van der Waals surface area contributed by atoms with Crippen LogP contribution in [0.1, 0.15) is 56.2 Å². The van der Waals surface area contributed by atoms with Gasteiger partial charge in [-0.2, -0.15) is 0 Å². The second-order valence-electron chi connectivity index (χ2n) is 7.55. The monoisotopic (exact) mass is 426 g/mol. The maximum Gasteiger partial charge on any atom is 0.339 e. The smallest absolute Gasteiger partial charge is 0.339 e. The highest BCUT2D eigenvalue weighted by Crippen LogP contribution is 2.38. The summed E-state index contributed by atoms with van der Waals surface area (Å²) in [4.78, 5) is 17.9. The number of thiophene rings is 1. The zero-order chi connectivity index (χ0) is 20.7. The lowest BCUT2D eigenvalue weighted by Gasteiger charge is -2.11. The predicted octanol–water partition coefficient (Wildman–Crippen LogP) is 6.45. The SMILES string of the molecule is Cc1ccc(Cl)cc1N=Cc1cc(C)n(-c2sc3c(c2C(=O)O)CCCC3)c1C. The third-order valence-electron chi connectivity index (χ3n) is 5.55. The third kappa shape index (κ3) is 3.65. The molecule has 1 aliphatic rings. The van der Waals surface area contributed by atoms with Gasteiger partial charge in [-0.3, -0.25) is 4.99 Å². The molecule has 2 aromatic heterocycles. The van der Waals surface area contributed by atoms with Gasteiger partial charge < -0.3 is 9.67 Å². The summed E-state index contributed by atoms with van der Waals surface area (Å²) in [5.41, 5.74) is 6.37. The highest BCUT2D eigenvalue weighted by molar-refractivity contribution is 7.15. The van der Waals surface area contributed by atoms with Crippen LogP contribution in [-0.2, 0) is 12.8 Å². The Labute approximate surface area is 179 Å². The Bertz CT molecular complexity index is 1140. The van der Waals surface area contributed by atoms with E-state index in [9.17, 15) is 9.90 Å². The molecule has 0 saturated carbocycles. The number of nitrogens with zero attached hydrogens (tertiary/aromatic N) is 2. The number of carbonyl (C=O) groups is 1. The van der Waals surface area contributed by atoms with Gasteiger partial charge in [-0.15, -0.1) is 11.3 Å². The normalized spacial score (nSPS) is 13.8. The molecule has 0 saturated heterocycles. The van der Waals surface area contributed by atoms with Gasteiger partial charge in [0.1, 0.15) is 5.00 Å². The van der Waals surface area contributed by atoms with E-state index < -0.39 is 5.97 Å². The maximum absolute atomic E-state index is 12.1. The number of carboxylic acids is 1. The number of benzene rings is 1. The van der Waals surface area contributed by atoms with Crippen LogP contribution in [0.5, 0.6) is 0 Å². The average molecular weight is 427 g/mol. The number of fused-ring (bicyclic) bond motifs is 1. The van der Waals surface area contributed by atoms with Crippen LogP contribution in [0, 0.1) is 20.8 Å². The topological polar surface area (TPSA) is 54.6 Å². The molecule has 0 unspecified atom stereocenters. The van der Waals surface area contributed by atoms with Crippen molar-refractivity contribution in [2.24, 2.45) is 4.99 Å². The minimum atomic E-state index is -0.836. The first-order valence-electron chi connectivity index (χ1n) is 9.74. The number of carboxylic acid groups (broad SMARTS) is 1. The summed E-state index contributed by atoms with van der Waals surface area (Å²) in [6.45, 7) is 6.03. The Balaban J connectivity index is 1.79. The van der Waals surface area contributed by atoms with Crippen molar-refractivity contribution in [1.29, 1.82) is 0 Å².